The van der Waals surface area contributed by atoms with E-state index in [2.05, 4.69) is 44.4 Å². The summed E-state index contributed by atoms with van der Waals surface area (Å²) in [5.74, 6) is 0. The minimum Gasteiger partial charge on any atom is -0.248 e. The molecule has 0 unspecified atom stereocenters. The van der Waals surface area contributed by atoms with Gasteiger partial charge < -0.3 is 0 Å². The molecule has 6 heteroatoms. The minimum absolute atomic E-state index is 1.32. The van der Waals surface area contributed by atoms with Gasteiger partial charge in [0.1, 0.15) is 0 Å². The molecule has 0 radical (unpaired) electrons. The van der Waals surface area contributed by atoms with Gasteiger partial charge in [0, 0.05) is 6.21 Å². The Bertz CT molecular complexity index is 410. The van der Waals surface area contributed by atoms with Gasteiger partial charge in [-0.3, -0.25) is 0 Å². The normalized spacial score (nSPS) is 11.4. The van der Waals surface area contributed by atoms with E-state index >= 15 is 0 Å². The average molecular weight is 261 g/mol. The predicted octanol–water partition coefficient (Wildman–Crippen LogP) is 2.54. The molecule has 3 rings (SSSR count). The van der Waals surface area contributed by atoms with Crippen molar-refractivity contribution in [3.05, 3.63) is 59.8 Å². The summed E-state index contributed by atoms with van der Waals surface area (Å²) in [4.78, 5) is 2.68. The molecular formula is C12H15N5S. The molecule has 1 aliphatic heterocycles. The topological polar surface area (TPSA) is 66.0 Å². The molecule has 94 valence electrons. The van der Waals surface area contributed by atoms with Gasteiger partial charge in [0.15, 0.2) is 0 Å². The van der Waals surface area contributed by atoms with Crippen molar-refractivity contribution in [2.45, 2.75) is 6.92 Å². The van der Waals surface area contributed by atoms with E-state index in [0.717, 1.165) is 0 Å². The van der Waals surface area contributed by atoms with Gasteiger partial charge in [0.25, 0.3) is 0 Å². The number of hydrogen-bond donors (Lipinski definition) is 2. The fraction of sp³-hybridized carbons (Fsp3) is 0.0833. The van der Waals surface area contributed by atoms with Gasteiger partial charge in [-0.25, -0.2) is 4.83 Å². The van der Waals surface area contributed by atoms with Crippen LogP contribution < -0.4 is 4.83 Å². The van der Waals surface area contributed by atoms with Crippen LogP contribution in [0.25, 0.3) is 0 Å². The highest BCUT2D eigenvalue weighted by molar-refractivity contribution is 8.00. The van der Waals surface area contributed by atoms with Crippen LogP contribution in [0, 0.1) is 6.92 Å². The van der Waals surface area contributed by atoms with Gasteiger partial charge in [-0.05, 0) is 30.4 Å². The first-order valence-corrected chi connectivity index (χ1v) is 6.18. The lowest BCUT2D eigenvalue weighted by atomic mass is 10.2. The van der Waals surface area contributed by atoms with Crippen molar-refractivity contribution in [3.63, 3.8) is 0 Å². The van der Waals surface area contributed by atoms with Gasteiger partial charge in [-0.1, -0.05) is 35.9 Å². The van der Waals surface area contributed by atoms with E-state index in [1.165, 1.54) is 17.5 Å². The molecule has 1 aromatic heterocycles. The standard InChI is InChI=1S/C7H8.C3H4N2S.C2H3N3/c1-7-5-3-2-4-6-7;1-2-4-5-6-3-1;1-2-4-5-3-1/h2-6H,1H3;1-3,5H;1-2H,(H,3,4,5). The molecule has 18 heavy (non-hydrogen) atoms. The average Bonchev–Trinajstić information content (AvgIpc) is 3.01. The lowest BCUT2D eigenvalue weighted by Crippen LogP contribution is -1.91. The number of hydrogen-bond acceptors (Lipinski definition) is 5. The Labute approximate surface area is 111 Å². The van der Waals surface area contributed by atoms with E-state index in [-0.39, 0.29) is 0 Å². The SMILES string of the molecule is C1=CSNN=C1.Cc1ccccc1.c1cn[nH]n1. The lowest BCUT2D eigenvalue weighted by Gasteiger charge is -1.92. The number of rotatable bonds is 0. The zero-order valence-electron chi connectivity index (χ0n) is 10.0. The van der Waals surface area contributed by atoms with Crippen molar-refractivity contribution >= 4 is 18.2 Å². The van der Waals surface area contributed by atoms with Gasteiger partial charge in [-0.15, -0.1) is 0 Å². The molecule has 0 aliphatic carbocycles. The molecule has 0 atom stereocenters. The molecule has 2 N–H and O–H groups in total. The van der Waals surface area contributed by atoms with Gasteiger partial charge in [0.05, 0.1) is 12.4 Å². The Morgan fingerprint density at radius 1 is 1.06 bits per heavy atom. The number of nitrogens with zero attached hydrogens (tertiary/aromatic N) is 3. The van der Waals surface area contributed by atoms with Crippen molar-refractivity contribution in [3.8, 4) is 0 Å². The molecule has 0 saturated heterocycles. The largest absolute Gasteiger partial charge is 0.248 e. The first-order valence-electron chi connectivity index (χ1n) is 5.30. The van der Waals surface area contributed by atoms with Crippen molar-refractivity contribution in [1.82, 2.24) is 20.2 Å². The van der Waals surface area contributed by atoms with E-state index < -0.39 is 0 Å². The second-order valence-electron chi connectivity index (χ2n) is 3.13. The third-order valence-electron chi connectivity index (χ3n) is 1.68. The van der Waals surface area contributed by atoms with E-state index in [1.807, 2.05) is 29.7 Å². The maximum atomic E-state index is 3.68. The fourth-order valence-corrected chi connectivity index (χ4v) is 1.24. The second kappa shape index (κ2) is 10.1. The van der Waals surface area contributed by atoms with E-state index in [1.54, 1.807) is 18.6 Å². The van der Waals surface area contributed by atoms with Crippen LogP contribution in [0.3, 0.4) is 0 Å². The van der Waals surface area contributed by atoms with Crippen LogP contribution in [-0.4, -0.2) is 21.6 Å². The number of aromatic nitrogens is 3. The quantitative estimate of drug-likeness (QED) is 0.715. The number of benzene rings is 1. The zero-order valence-corrected chi connectivity index (χ0v) is 10.8. The first kappa shape index (κ1) is 14.0. The number of aryl methyl sites for hydroxylation is 1. The maximum absolute atomic E-state index is 3.68. The summed E-state index contributed by atoms with van der Waals surface area (Å²) in [6.07, 6.45) is 6.75. The lowest BCUT2D eigenvalue weighted by molar-refractivity contribution is 0.940. The molecule has 0 fully saturated rings. The first-order chi connectivity index (χ1) is 8.89. The number of allylic oxidation sites excluding steroid dienone is 1. The monoisotopic (exact) mass is 261 g/mol. The smallest absolute Gasteiger partial charge is 0.0690 e. The Hall–Kier alpha value is -2.08. The zero-order chi connectivity index (χ0) is 12.9. The van der Waals surface area contributed by atoms with Crippen molar-refractivity contribution in [2.24, 2.45) is 5.10 Å². The van der Waals surface area contributed by atoms with E-state index in [0.29, 0.717) is 0 Å². The highest BCUT2D eigenvalue weighted by atomic mass is 32.2. The molecule has 2 aromatic rings. The molecule has 0 bridgehead atoms. The van der Waals surface area contributed by atoms with Crippen molar-refractivity contribution in [1.29, 1.82) is 0 Å². The Kier molecular flexibility index (Phi) is 7.84. The summed E-state index contributed by atoms with van der Waals surface area (Å²) in [5.41, 5.74) is 1.32. The second-order valence-corrected chi connectivity index (χ2v) is 3.82. The van der Waals surface area contributed by atoms with Crippen molar-refractivity contribution in [2.75, 3.05) is 0 Å². The third-order valence-corrected chi connectivity index (χ3v) is 2.19. The highest BCUT2D eigenvalue weighted by Gasteiger charge is 1.75. The van der Waals surface area contributed by atoms with Gasteiger partial charge >= 0.3 is 0 Å². The Balaban J connectivity index is 0.000000137. The fourth-order valence-electron chi connectivity index (χ4n) is 0.910. The molecule has 0 spiro atoms. The van der Waals surface area contributed by atoms with Gasteiger partial charge in [0.2, 0.25) is 0 Å². The predicted molar refractivity (Wildman–Crippen MR) is 75.9 cm³/mol. The molecule has 2 heterocycles. The number of H-pyrrole nitrogens is 1. The Morgan fingerprint density at radius 3 is 2.00 bits per heavy atom. The molecule has 5 nitrogen and oxygen atoms in total. The number of nitrogens with one attached hydrogen (secondary N) is 2. The van der Waals surface area contributed by atoms with Gasteiger partial charge in [-0.2, -0.15) is 20.5 Å². The summed E-state index contributed by atoms with van der Waals surface area (Å²) in [7, 11) is 0. The summed E-state index contributed by atoms with van der Waals surface area (Å²) < 4.78 is 0. The minimum atomic E-state index is 1.32. The van der Waals surface area contributed by atoms with Crippen LogP contribution in [-0.2, 0) is 0 Å². The van der Waals surface area contributed by atoms with Crippen LogP contribution in [0.2, 0.25) is 0 Å². The molecule has 1 aliphatic rings. The summed E-state index contributed by atoms with van der Waals surface area (Å²) in [6, 6.07) is 10.3. The van der Waals surface area contributed by atoms with Crippen molar-refractivity contribution < 1.29 is 0 Å². The summed E-state index contributed by atoms with van der Waals surface area (Å²) in [5, 5.41) is 14.9. The maximum Gasteiger partial charge on any atom is 0.0690 e. The van der Waals surface area contributed by atoms with Crippen LogP contribution in [0.15, 0.2) is 59.3 Å². The summed E-state index contributed by atoms with van der Waals surface area (Å²) in [6.45, 7) is 2.08. The molecule has 0 amide bonds. The molecular weight excluding hydrogens is 246 g/mol. The van der Waals surface area contributed by atoms with Crippen LogP contribution in [0.4, 0.5) is 0 Å². The van der Waals surface area contributed by atoms with E-state index in [9.17, 15) is 0 Å². The number of aromatic amines is 1. The van der Waals surface area contributed by atoms with Crippen LogP contribution in [0.5, 0.6) is 0 Å². The van der Waals surface area contributed by atoms with Crippen LogP contribution in [0.1, 0.15) is 5.56 Å². The highest BCUT2D eigenvalue weighted by Crippen LogP contribution is 1.95. The van der Waals surface area contributed by atoms with E-state index in [4.69, 9.17) is 0 Å². The third kappa shape index (κ3) is 8.12. The molecule has 0 saturated carbocycles. The molecule has 1 aromatic carbocycles. The van der Waals surface area contributed by atoms with Crippen LogP contribution >= 0.6 is 11.9 Å². The number of hydrazone groups is 1. The Morgan fingerprint density at radius 2 is 1.78 bits per heavy atom. The summed E-state index contributed by atoms with van der Waals surface area (Å²) >= 11 is 1.47.